The highest BCUT2D eigenvalue weighted by Crippen LogP contribution is 2.45. The molecule has 1 fully saturated rings. The fourth-order valence-electron chi connectivity index (χ4n) is 3.18. The van der Waals surface area contributed by atoms with E-state index in [1.54, 1.807) is 0 Å². The van der Waals surface area contributed by atoms with Crippen LogP contribution in [0.3, 0.4) is 0 Å². The molecule has 0 aromatic heterocycles. The number of hydrogen-bond acceptors (Lipinski definition) is 2. The number of rotatable bonds is 0. The van der Waals surface area contributed by atoms with Crippen LogP contribution in [-0.4, -0.2) is 16.8 Å². The Labute approximate surface area is 116 Å². The molecule has 2 heterocycles. The smallest absolute Gasteiger partial charge is 0.113 e. The van der Waals surface area contributed by atoms with Crippen molar-refractivity contribution in [3.63, 3.8) is 0 Å². The van der Waals surface area contributed by atoms with Gasteiger partial charge in [-0.05, 0) is 25.0 Å². The van der Waals surface area contributed by atoms with Crippen molar-refractivity contribution in [2.24, 2.45) is 10.9 Å². The Bertz CT molecular complexity index is 619. The number of amidine groups is 1. The van der Waals surface area contributed by atoms with Gasteiger partial charge in [0.05, 0.1) is 5.69 Å². The zero-order valence-corrected chi connectivity index (χ0v) is 11.5. The molecule has 92 valence electrons. The molecule has 18 heavy (non-hydrogen) atoms. The number of hydrogen-bond donors (Lipinski definition) is 0. The van der Waals surface area contributed by atoms with E-state index >= 15 is 0 Å². The fraction of sp³-hybridized carbons (Fsp3) is 0.357. The lowest BCUT2D eigenvalue weighted by Gasteiger charge is -2.32. The highest BCUT2D eigenvalue weighted by Gasteiger charge is 2.41. The molecule has 2 nitrogen and oxygen atoms in total. The molecule has 1 aromatic carbocycles. The van der Waals surface area contributed by atoms with Gasteiger partial charge in [-0.3, -0.25) is 0 Å². The third kappa shape index (κ3) is 1.28. The maximum absolute atomic E-state index is 6.31. The summed E-state index contributed by atoms with van der Waals surface area (Å²) in [6.45, 7) is 2.87. The molecule has 2 bridgehead atoms. The minimum absolute atomic E-state index is 0.486. The van der Waals surface area contributed by atoms with Crippen LogP contribution in [0.1, 0.15) is 17.5 Å². The van der Waals surface area contributed by atoms with Gasteiger partial charge in [-0.1, -0.05) is 35.4 Å². The van der Waals surface area contributed by atoms with Gasteiger partial charge >= 0.3 is 0 Å². The predicted octanol–water partition coefficient (Wildman–Crippen LogP) is 4.11. The van der Waals surface area contributed by atoms with Crippen LogP contribution in [0.25, 0.3) is 0 Å². The standard InChI is InChI=1S/C14H12Cl2N2/c1-7-11(15)5-12(16)10-6-18-9-3-2-8(4-9)14(18)17-13(7)10/h2-3,5,8-9H,4,6H2,1H3. The lowest BCUT2D eigenvalue weighted by Crippen LogP contribution is -2.36. The van der Waals surface area contributed by atoms with E-state index in [0.29, 0.717) is 17.0 Å². The maximum Gasteiger partial charge on any atom is 0.113 e. The van der Waals surface area contributed by atoms with E-state index in [9.17, 15) is 0 Å². The average Bonchev–Trinajstić information content (AvgIpc) is 2.96. The Kier molecular flexibility index (Phi) is 2.13. The number of aliphatic imine (C=N–C) groups is 1. The summed E-state index contributed by atoms with van der Waals surface area (Å²) in [6, 6.07) is 2.34. The van der Waals surface area contributed by atoms with Crippen molar-refractivity contribution in [2.45, 2.75) is 25.9 Å². The molecule has 4 heteroatoms. The molecule has 2 atom stereocenters. The fourth-order valence-corrected chi connectivity index (χ4v) is 3.69. The van der Waals surface area contributed by atoms with Gasteiger partial charge in [0.1, 0.15) is 5.84 Å². The SMILES string of the molecule is Cc1c(Cl)cc(Cl)c2c1N=C1C3C=CC(C3)N1C2. The van der Waals surface area contributed by atoms with Gasteiger partial charge in [0, 0.05) is 34.1 Å². The third-order valence-electron chi connectivity index (χ3n) is 4.18. The van der Waals surface area contributed by atoms with Gasteiger partial charge in [0.25, 0.3) is 0 Å². The minimum atomic E-state index is 0.486. The first-order valence-electron chi connectivity index (χ1n) is 6.16. The molecular weight excluding hydrogens is 267 g/mol. The molecule has 1 aromatic rings. The van der Waals surface area contributed by atoms with Crippen molar-refractivity contribution in [1.82, 2.24) is 4.90 Å². The van der Waals surface area contributed by atoms with E-state index < -0.39 is 0 Å². The molecule has 2 aliphatic heterocycles. The molecule has 0 N–H and O–H groups in total. The lowest BCUT2D eigenvalue weighted by atomic mass is 10.0. The van der Waals surface area contributed by atoms with Gasteiger partial charge < -0.3 is 4.90 Å². The molecule has 3 aliphatic rings. The topological polar surface area (TPSA) is 15.6 Å². The second-order valence-electron chi connectivity index (χ2n) is 5.18. The highest BCUT2D eigenvalue weighted by molar-refractivity contribution is 6.36. The summed E-state index contributed by atoms with van der Waals surface area (Å²) in [5.41, 5.74) is 3.14. The monoisotopic (exact) mass is 278 g/mol. The van der Waals surface area contributed by atoms with E-state index in [2.05, 4.69) is 17.1 Å². The minimum Gasteiger partial charge on any atom is -0.349 e. The van der Waals surface area contributed by atoms with Crippen LogP contribution in [0.2, 0.25) is 10.0 Å². The Balaban J connectivity index is 1.94. The predicted molar refractivity (Wildman–Crippen MR) is 74.9 cm³/mol. The number of nitrogens with zero attached hydrogens (tertiary/aromatic N) is 2. The molecule has 0 radical (unpaired) electrons. The van der Waals surface area contributed by atoms with Gasteiger partial charge in [-0.2, -0.15) is 0 Å². The van der Waals surface area contributed by atoms with Gasteiger partial charge in [-0.25, -0.2) is 4.99 Å². The first-order valence-corrected chi connectivity index (χ1v) is 6.92. The Hall–Kier alpha value is -0.990. The highest BCUT2D eigenvalue weighted by atomic mass is 35.5. The normalized spacial score (nSPS) is 27.3. The lowest BCUT2D eigenvalue weighted by molar-refractivity contribution is 0.377. The Morgan fingerprint density at radius 1 is 1.28 bits per heavy atom. The van der Waals surface area contributed by atoms with Crippen molar-refractivity contribution in [2.75, 3.05) is 0 Å². The summed E-state index contributed by atoms with van der Waals surface area (Å²) in [7, 11) is 0. The second-order valence-corrected chi connectivity index (χ2v) is 6.00. The number of fused-ring (bicyclic) bond motifs is 6. The molecule has 0 amide bonds. The van der Waals surface area contributed by atoms with Crippen LogP contribution in [0, 0.1) is 12.8 Å². The van der Waals surface area contributed by atoms with E-state index in [1.165, 1.54) is 5.84 Å². The van der Waals surface area contributed by atoms with Crippen molar-refractivity contribution >= 4 is 34.7 Å². The first-order chi connectivity index (χ1) is 8.65. The van der Waals surface area contributed by atoms with E-state index in [-0.39, 0.29) is 0 Å². The molecule has 0 spiro atoms. The Morgan fingerprint density at radius 3 is 2.94 bits per heavy atom. The molecule has 0 saturated carbocycles. The van der Waals surface area contributed by atoms with Crippen LogP contribution in [-0.2, 0) is 6.54 Å². The van der Waals surface area contributed by atoms with E-state index in [0.717, 1.165) is 34.8 Å². The summed E-state index contributed by atoms with van der Waals surface area (Å²) in [5.74, 6) is 1.68. The summed E-state index contributed by atoms with van der Waals surface area (Å²) in [4.78, 5) is 7.20. The average molecular weight is 279 g/mol. The largest absolute Gasteiger partial charge is 0.349 e. The van der Waals surface area contributed by atoms with Crippen LogP contribution in [0.5, 0.6) is 0 Å². The molecule has 4 rings (SSSR count). The number of halogens is 2. The summed E-state index contributed by atoms with van der Waals surface area (Å²) in [6.07, 6.45) is 5.72. The van der Waals surface area contributed by atoms with Gasteiger partial charge in [-0.15, -0.1) is 0 Å². The zero-order valence-electron chi connectivity index (χ0n) is 9.95. The van der Waals surface area contributed by atoms with Crippen LogP contribution < -0.4 is 0 Å². The molecule has 2 unspecified atom stereocenters. The number of benzene rings is 1. The molecular formula is C14H12Cl2N2. The quantitative estimate of drug-likeness (QED) is 0.653. The van der Waals surface area contributed by atoms with E-state index in [4.69, 9.17) is 28.2 Å². The van der Waals surface area contributed by atoms with Crippen LogP contribution >= 0.6 is 23.2 Å². The summed E-state index contributed by atoms with van der Waals surface area (Å²) in [5, 5.41) is 1.44. The van der Waals surface area contributed by atoms with Gasteiger partial charge in [0.15, 0.2) is 0 Å². The van der Waals surface area contributed by atoms with Crippen LogP contribution in [0.4, 0.5) is 5.69 Å². The maximum atomic E-state index is 6.31. The first kappa shape index (κ1) is 10.9. The Morgan fingerprint density at radius 2 is 2.11 bits per heavy atom. The van der Waals surface area contributed by atoms with Crippen LogP contribution in [0.15, 0.2) is 23.2 Å². The molecule has 1 saturated heterocycles. The van der Waals surface area contributed by atoms with E-state index in [1.807, 2.05) is 13.0 Å². The third-order valence-corrected chi connectivity index (χ3v) is 4.91. The summed E-state index contributed by atoms with van der Waals surface area (Å²) >= 11 is 12.5. The van der Waals surface area contributed by atoms with Crippen molar-refractivity contribution in [3.05, 3.63) is 39.4 Å². The van der Waals surface area contributed by atoms with Gasteiger partial charge in [0.2, 0.25) is 0 Å². The zero-order chi connectivity index (χ0) is 12.4. The summed E-state index contributed by atoms with van der Waals surface area (Å²) < 4.78 is 0. The second kappa shape index (κ2) is 3.52. The molecule has 1 aliphatic carbocycles. The van der Waals surface area contributed by atoms with Crippen molar-refractivity contribution in [3.8, 4) is 0 Å². The van der Waals surface area contributed by atoms with Crippen molar-refractivity contribution < 1.29 is 0 Å². The van der Waals surface area contributed by atoms with Crippen molar-refractivity contribution in [1.29, 1.82) is 0 Å².